The van der Waals surface area contributed by atoms with Crippen molar-refractivity contribution in [1.29, 1.82) is 0 Å². The van der Waals surface area contributed by atoms with E-state index in [2.05, 4.69) is 23.1 Å². The van der Waals surface area contributed by atoms with Crippen molar-refractivity contribution in [2.24, 2.45) is 0 Å². The van der Waals surface area contributed by atoms with E-state index in [-0.39, 0.29) is 0 Å². The van der Waals surface area contributed by atoms with E-state index in [0.717, 1.165) is 23.9 Å². The van der Waals surface area contributed by atoms with Gasteiger partial charge in [0.1, 0.15) is 11.8 Å². The second-order valence-corrected chi connectivity index (χ2v) is 3.47. The van der Waals surface area contributed by atoms with E-state index >= 15 is 0 Å². The molecule has 0 atom stereocenters. The van der Waals surface area contributed by atoms with E-state index in [1.54, 1.807) is 0 Å². The molecule has 2 N–H and O–H groups in total. The van der Waals surface area contributed by atoms with Crippen LogP contribution in [0.5, 0.6) is 0 Å². The summed E-state index contributed by atoms with van der Waals surface area (Å²) in [6.45, 7) is 4.19. The van der Waals surface area contributed by atoms with Crippen LogP contribution in [0.3, 0.4) is 0 Å². The van der Waals surface area contributed by atoms with Gasteiger partial charge in [0.15, 0.2) is 5.82 Å². The molecule has 0 radical (unpaired) electrons. The fourth-order valence-corrected chi connectivity index (χ4v) is 1.77. The fourth-order valence-electron chi connectivity index (χ4n) is 1.77. The highest BCUT2D eigenvalue weighted by molar-refractivity contribution is 5.70. The van der Waals surface area contributed by atoms with Crippen molar-refractivity contribution in [1.82, 2.24) is 14.6 Å². The topological polar surface area (TPSA) is 56.2 Å². The van der Waals surface area contributed by atoms with Crippen LogP contribution >= 0.6 is 0 Å². The Bertz CT molecular complexity index is 458. The van der Waals surface area contributed by atoms with Gasteiger partial charge in [-0.3, -0.25) is 0 Å². The first-order chi connectivity index (χ1) is 6.74. The van der Waals surface area contributed by atoms with Crippen LogP contribution in [0, 0.1) is 6.92 Å². The molecule has 2 heterocycles. The lowest BCUT2D eigenvalue weighted by Gasteiger charge is -2.00. The van der Waals surface area contributed by atoms with Gasteiger partial charge in [-0.05, 0) is 25.0 Å². The van der Waals surface area contributed by atoms with Gasteiger partial charge in [0.25, 0.3) is 0 Å². The van der Waals surface area contributed by atoms with Crippen LogP contribution in [-0.4, -0.2) is 14.6 Å². The molecule has 0 fully saturated rings. The SMILES string of the molecule is CCCc1cc(C)c2c(N)ncnn12. The van der Waals surface area contributed by atoms with Gasteiger partial charge in [-0.1, -0.05) is 13.3 Å². The predicted octanol–water partition coefficient (Wildman–Crippen LogP) is 1.57. The van der Waals surface area contributed by atoms with Crippen molar-refractivity contribution in [3.8, 4) is 0 Å². The Balaban J connectivity index is 2.71. The first kappa shape index (κ1) is 8.99. The Kier molecular flexibility index (Phi) is 2.11. The molecule has 4 heteroatoms. The zero-order chi connectivity index (χ0) is 10.1. The maximum absolute atomic E-state index is 5.79. The second kappa shape index (κ2) is 3.29. The molecule has 0 aliphatic carbocycles. The van der Waals surface area contributed by atoms with Crippen LogP contribution in [0.15, 0.2) is 12.4 Å². The van der Waals surface area contributed by atoms with Crippen LogP contribution in [0.2, 0.25) is 0 Å². The molecular formula is C10H14N4. The highest BCUT2D eigenvalue weighted by atomic mass is 15.3. The van der Waals surface area contributed by atoms with Gasteiger partial charge in [0.05, 0.1) is 0 Å². The Hall–Kier alpha value is -1.58. The molecule has 0 amide bonds. The average Bonchev–Trinajstić information content (AvgIpc) is 2.46. The highest BCUT2D eigenvalue weighted by Crippen LogP contribution is 2.19. The highest BCUT2D eigenvalue weighted by Gasteiger charge is 2.08. The van der Waals surface area contributed by atoms with Gasteiger partial charge in [-0.15, -0.1) is 0 Å². The molecular weight excluding hydrogens is 176 g/mol. The van der Waals surface area contributed by atoms with Crippen LogP contribution in [0.1, 0.15) is 24.6 Å². The Morgan fingerprint density at radius 1 is 1.50 bits per heavy atom. The first-order valence-corrected chi connectivity index (χ1v) is 4.81. The summed E-state index contributed by atoms with van der Waals surface area (Å²) < 4.78 is 1.89. The minimum atomic E-state index is 0.555. The molecule has 0 aliphatic heterocycles. The minimum absolute atomic E-state index is 0.555. The third kappa shape index (κ3) is 1.23. The zero-order valence-corrected chi connectivity index (χ0v) is 8.49. The molecule has 14 heavy (non-hydrogen) atoms. The summed E-state index contributed by atoms with van der Waals surface area (Å²) in [4.78, 5) is 3.99. The molecule has 2 aromatic heterocycles. The quantitative estimate of drug-likeness (QED) is 0.782. The van der Waals surface area contributed by atoms with Crippen LogP contribution < -0.4 is 5.73 Å². The number of hydrogen-bond acceptors (Lipinski definition) is 3. The molecule has 2 rings (SSSR count). The zero-order valence-electron chi connectivity index (χ0n) is 8.49. The molecule has 0 saturated heterocycles. The molecule has 2 aromatic rings. The summed E-state index contributed by atoms with van der Waals surface area (Å²) in [6.07, 6.45) is 3.63. The number of nitrogen functional groups attached to an aromatic ring is 1. The lowest BCUT2D eigenvalue weighted by molar-refractivity contribution is 0.795. The summed E-state index contributed by atoms with van der Waals surface area (Å²) in [5.41, 5.74) is 9.08. The van der Waals surface area contributed by atoms with Crippen LogP contribution in [-0.2, 0) is 6.42 Å². The first-order valence-electron chi connectivity index (χ1n) is 4.81. The summed E-state index contributed by atoms with van der Waals surface area (Å²) in [5, 5.41) is 4.21. The van der Waals surface area contributed by atoms with E-state index in [1.807, 2.05) is 11.4 Å². The third-order valence-corrected chi connectivity index (χ3v) is 2.35. The average molecular weight is 190 g/mol. The van der Waals surface area contributed by atoms with Gasteiger partial charge in [0.2, 0.25) is 0 Å². The number of hydrogen-bond donors (Lipinski definition) is 1. The van der Waals surface area contributed by atoms with Crippen molar-refractivity contribution >= 4 is 11.3 Å². The maximum atomic E-state index is 5.79. The Morgan fingerprint density at radius 3 is 3.00 bits per heavy atom. The summed E-state index contributed by atoms with van der Waals surface area (Å²) >= 11 is 0. The Labute approximate surface area is 82.8 Å². The lowest BCUT2D eigenvalue weighted by atomic mass is 10.2. The predicted molar refractivity (Wildman–Crippen MR) is 56.1 cm³/mol. The van der Waals surface area contributed by atoms with Gasteiger partial charge in [0, 0.05) is 5.69 Å². The molecule has 0 spiro atoms. The normalized spacial score (nSPS) is 11.0. The van der Waals surface area contributed by atoms with Crippen molar-refractivity contribution in [3.05, 3.63) is 23.7 Å². The standard InChI is InChI=1S/C10H14N4/c1-3-4-8-5-7(2)9-10(11)12-6-13-14(8)9/h5-6H,3-4H2,1-2H3,(H2,11,12,13). The fraction of sp³-hybridized carbons (Fsp3) is 0.400. The van der Waals surface area contributed by atoms with E-state index in [4.69, 9.17) is 5.73 Å². The molecule has 74 valence electrons. The minimum Gasteiger partial charge on any atom is -0.382 e. The number of anilines is 1. The molecule has 0 aliphatic rings. The van der Waals surface area contributed by atoms with E-state index in [1.165, 1.54) is 12.0 Å². The molecule has 0 saturated carbocycles. The van der Waals surface area contributed by atoms with Gasteiger partial charge >= 0.3 is 0 Å². The lowest BCUT2D eigenvalue weighted by Crippen LogP contribution is -2.01. The number of nitrogens with zero attached hydrogens (tertiary/aromatic N) is 3. The number of rotatable bonds is 2. The summed E-state index contributed by atoms with van der Waals surface area (Å²) in [7, 11) is 0. The second-order valence-electron chi connectivity index (χ2n) is 3.47. The maximum Gasteiger partial charge on any atom is 0.151 e. The molecule has 4 nitrogen and oxygen atoms in total. The van der Waals surface area contributed by atoms with Gasteiger partial charge in [-0.25, -0.2) is 9.50 Å². The molecule has 0 aromatic carbocycles. The molecule has 0 bridgehead atoms. The van der Waals surface area contributed by atoms with Crippen molar-refractivity contribution in [2.75, 3.05) is 5.73 Å². The third-order valence-electron chi connectivity index (χ3n) is 2.35. The van der Waals surface area contributed by atoms with E-state index in [0.29, 0.717) is 5.82 Å². The van der Waals surface area contributed by atoms with Crippen LogP contribution in [0.25, 0.3) is 5.52 Å². The van der Waals surface area contributed by atoms with Crippen LogP contribution in [0.4, 0.5) is 5.82 Å². The van der Waals surface area contributed by atoms with Crippen molar-refractivity contribution < 1.29 is 0 Å². The Morgan fingerprint density at radius 2 is 2.29 bits per heavy atom. The number of aryl methyl sites for hydroxylation is 2. The molecule has 0 unspecified atom stereocenters. The smallest absolute Gasteiger partial charge is 0.151 e. The van der Waals surface area contributed by atoms with E-state index < -0.39 is 0 Å². The van der Waals surface area contributed by atoms with Gasteiger partial charge in [-0.2, -0.15) is 5.10 Å². The van der Waals surface area contributed by atoms with Crippen molar-refractivity contribution in [2.45, 2.75) is 26.7 Å². The largest absolute Gasteiger partial charge is 0.382 e. The number of nitrogens with two attached hydrogens (primary N) is 1. The van der Waals surface area contributed by atoms with E-state index in [9.17, 15) is 0 Å². The summed E-state index contributed by atoms with van der Waals surface area (Å²) in [6, 6.07) is 2.13. The van der Waals surface area contributed by atoms with Gasteiger partial charge < -0.3 is 5.73 Å². The van der Waals surface area contributed by atoms with Crippen molar-refractivity contribution in [3.63, 3.8) is 0 Å². The number of fused-ring (bicyclic) bond motifs is 1. The number of aromatic nitrogens is 3. The monoisotopic (exact) mass is 190 g/mol. The summed E-state index contributed by atoms with van der Waals surface area (Å²) in [5.74, 6) is 0.555.